The van der Waals surface area contributed by atoms with Crippen molar-refractivity contribution >= 4 is 29.9 Å². The standard InChI is InChI=1S/C15H21ClN2O2.ClH/c1-9-3-6-12(16)14(7-9)20-10(2)15(19)18-13(8-17)11-4-5-11;/h3,6-7,10-11,13H,4-5,8,17H2,1-2H3,(H,18,19);1H. The van der Waals surface area contributed by atoms with E-state index < -0.39 is 6.10 Å². The van der Waals surface area contributed by atoms with Crippen LogP contribution in [0, 0.1) is 12.8 Å². The van der Waals surface area contributed by atoms with Gasteiger partial charge in [-0.3, -0.25) is 4.79 Å². The highest BCUT2D eigenvalue weighted by Gasteiger charge is 2.32. The number of aryl methyl sites for hydroxylation is 1. The maximum atomic E-state index is 12.1. The van der Waals surface area contributed by atoms with Crippen molar-refractivity contribution in [3.05, 3.63) is 28.8 Å². The van der Waals surface area contributed by atoms with Crippen LogP contribution in [-0.4, -0.2) is 24.6 Å². The second-order valence-corrected chi connectivity index (χ2v) is 5.79. The van der Waals surface area contributed by atoms with Gasteiger partial charge in [0.05, 0.1) is 5.02 Å². The van der Waals surface area contributed by atoms with E-state index in [1.807, 2.05) is 19.1 Å². The number of hydrogen-bond acceptors (Lipinski definition) is 3. The minimum atomic E-state index is -0.595. The summed E-state index contributed by atoms with van der Waals surface area (Å²) in [5.41, 5.74) is 6.72. The third-order valence-electron chi connectivity index (χ3n) is 3.53. The van der Waals surface area contributed by atoms with Crippen LogP contribution < -0.4 is 15.8 Å². The van der Waals surface area contributed by atoms with Crippen LogP contribution >= 0.6 is 24.0 Å². The highest BCUT2D eigenvalue weighted by molar-refractivity contribution is 6.32. The first kappa shape index (κ1) is 18.1. The predicted molar refractivity (Wildman–Crippen MR) is 87.2 cm³/mol. The van der Waals surface area contributed by atoms with Gasteiger partial charge in [0.25, 0.3) is 5.91 Å². The number of hydrogen-bond donors (Lipinski definition) is 2. The van der Waals surface area contributed by atoms with Gasteiger partial charge in [-0.25, -0.2) is 0 Å². The Morgan fingerprint density at radius 2 is 2.19 bits per heavy atom. The van der Waals surface area contributed by atoms with E-state index in [1.54, 1.807) is 13.0 Å². The van der Waals surface area contributed by atoms with Crippen molar-refractivity contribution in [3.63, 3.8) is 0 Å². The van der Waals surface area contributed by atoms with Gasteiger partial charge in [-0.05, 0) is 50.3 Å². The van der Waals surface area contributed by atoms with Gasteiger partial charge in [-0.15, -0.1) is 12.4 Å². The third-order valence-corrected chi connectivity index (χ3v) is 3.84. The zero-order valence-corrected chi connectivity index (χ0v) is 13.8. The molecule has 4 nitrogen and oxygen atoms in total. The Morgan fingerprint density at radius 1 is 1.52 bits per heavy atom. The molecule has 0 spiro atoms. The average molecular weight is 333 g/mol. The minimum absolute atomic E-state index is 0. The van der Waals surface area contributed by atoms with Crippen LogP contribution in [0.15, 0.2) is 18.2 Å². The fraction of sp³-hybridized carbons (Fsp3) is 0.533. The zero-order chi connectivity index (χ0) is 14.7. The molecule has 118 valence electrons. The van der Waals surface area contributed by atoms with Gasteiger partial charge < -0.3 is 15.8 Å². The second-order valence-electron chi connectivity index (χ2n) is 5.38. The maximum Gasteiger partial charge on any atom is 0.261 e. The lowest BCUT2D eigenvalue weighted by Crippen LogP contribution is -2.46. The molecule has 1 aliphatic carbocycles. The Balaban J connectivity index is 0.00000220. The summed E-state index contributed by atoms with van der Waals surface area (Å²) >= 11 is 6.06. The molecule has 0 radical (unpaired) electrons. The largest absolute Gasteiger partial charge is 0.479 e. The van der Waals surface area contributed by atoms with Crippen molar-refractivity contribution in [2.24, 2.45) is 11.7 Å². The monoisotopic (exact) mass is 332 g/mol. The first-order valence-electron chi connectivity index (χ1n) is 6.94. The van der Waals surface area contributed by atoms with Crippen molar-refractivity contribution in [2.75, 3.05) is 6.54 Å². The van der Waals surface area contributed by atoms with Crippen LogP contribution in [0.5, 0.6) is 5.75 Å². The van der Waals surface area contributed by atoms with Crippen molar-refractivity contribution in [1.29, 1.82) is 0 Å². The summed E-state index contributed by atoms with van der Waals surface area (Å²) in [6.45, 7) is 4.13. The van der Waals surface area contributed by atoms with Gasteiger partial charge >= 0.3 is 0 Å². The number of amides is 1. The molecule has 1 aromatic rings. The molecule has 1 fully saturated rings. The fourth-order valence-electron chi connectivity index (χ4n) is 2.11. The molecule has 0 saturated heterocycles. The minimum Gasteiger partial charge on any atom is -0.479 e. The number of rotatable bonds is 6. The number of nitrogens with one attached hydrogen (secondary N) is 1. The summed E-state index contributed by atoms with van der Waals surface area (Å²) in [6, 6.07) is 5.55. The Bertz CT molecular complexity index is 493. The number of carbonyl (C=O) groups is 1. The highest BCUT2D eigenvalue weighted by atomic mass is 35.5. The first-order chi connectivity index (χ1) is 9.51. The molecule has 0 aromatic heterocycles. The number of carbonyl (C=O) groups excluding carboxylic acids is 1. The molecule has 1 aromatic carbocycles. The fourth-order valence-corrected chi connectivity index (χ4v) is 2.27. The smallest absolute Gasteiger partial charge is 0.261 e. The molecule has 1 saturated carbocycles. The van der Waals surface area contributed by atoms with Crippen LogP contribution in [0.4, 0.5) is 0 Å². The maximum absolute atomic E-state index is 12.1. The van der Waals surface area contributed by atoms with Crippen molar-refractivity contribution < 1.29 is 9.53 Å². The molecule has 0 bridgehead atoms. The topological polar surface area (TPSA) is 64.3 Å². The summed E-state index contributed by atoms with van der Waals surface area (Å²) in [5.74, 6) is 0.911. The average Bonchev–Trinajstić information content (AvgIpc) is 3.24. The first-order valence-corrected chi connectivity index (χ1v) is 7.32. The van der Waals surface area contributed by atoms with E-state index >= 15 is 0 Å². The van der Waals surface area contributed by atoms with Gasteiger partial charge in [0.2, 0.25) is 0 Å². The summed E-state index contributed by atoms with van der Waals surface area (Å²) in [6.07, 6.45) is 1.68. The van der Waals surface area contributed by atoms with Crippen molar-refractivity contribution in [2.45, 2.75) is 38.8 Å². The summed E-state index contributed by atoms with van der Waals surface area (Å²) in [5, 5.41) is 3.46. The number of ether oxygens (including phenoxy) is 1. The van der Waals surface area contributed by atoms with Crippen LogP contribution in [0.25, 0.3) is 0 Å². The molecular formula is C15H22Cl2N2O2. The van der Waals surface area contributed by atoms with E-state index in [9.17, 15) is 4.79 Å². The van der Waals surface area contributed by atoms with Crippen LogP contribution in [0.1, 0.15) is 25.3 Å². The molecule has 1 aliphatic rings. The summed E-state index contributed by atoms with van der Waals surface area (Å²) in [7, 11) is 0. The second kappa shape index (κ2) is 7.87. The van der Waals surface area contributed by atoms with Crippen LogP contribution in [-0.2, 0) is 4.79 Å². The number of benzene rings is 1. The lowest BCUT2D eigenvalue weighted by molar-refractivity contribution is -0.128. The quantitative estimate of drug-likeness (QED) is 0.841. The summed E-state index contributed by atoms with van der Waals surface area (Å²) in [4.78, 5) is 12.1. The van der Waals surface area contributed by atoms with E-state index in [-0.39, 0.29) is 24.4 Å². The van der Waals surface area contributed by atoms with E-state index in [2.05, 4.69) is 5.32 Å². The van der Waals surface area contributed by atoms with E-state index in [0.717, 1.165) is 18.4 Å². The van der Waals surface area contributed by atoms with Crippen molar-refractivity contribution in [1.82, 2.24) is 5.32 Å². The number of halogens is 2. The van der Waals surface area contributed by atoms with Gasteiger partial charge in [-0.2, -0.15) is 0 Å². The van der Waals surface area contributed by atoms with Gasteiger partial charge in [-0.1, -0.05) is 17.7 Å². The third kappa shape index (κ3) is 5.06. The Morgan fingerprint density at radius 3 is 2.76 bits per heavy atom. The van der Waals surface area contributed by atoms with Crippen molar-refractivity contribution in [3.8, 4) is 5.75 Å². The van der Waals surface area contributed by atoms with Gasteiger partial charge in [0, 0.05) is 12.6 Å². The van der Waals surface area contributed by atoms with Crippen LogP contribution in [0.3, 0.4) is 0 Å². The predicted octanol–water partition coefficient (Wildman–Crippen LogP) is 2.69. The molecule has 21 heavy (non-hydrogen) atoms. The lowest BCUT2D eigenvalue weighted by Gasteiger charge is -2.20. The molecule has 3 N–H and O–H groups in total. The zero-order valence-electron chi connectivity index (χ0n) is 12.3. The summed E-state index contributed by atoms with van der Waals surface area (Å²) < 4.78 is 5.65. The Hall–Kier alpha value is -0.970. The number of nitrogens with two attached hydrogens (primary N) is 1. The molecule has 2 unspecified atom stereocenters. The lowest BCUT2D eigenvalue weighted by atomic mass is 10.2. The Kier molecular flexibility index (Phi) is 6.78. The van der Waals surface area contributed by atoms with Crippen LogP contribution in [0.2, 0.25) is 5.02 Å². The van der Waals surface area contributed by atoms with Gasteiger partial charge in [0.15, 0.2) is 6.10 Å². The normalized spacial score (nSPS) is 16.6. The van der Waals surface area contributed by atoms with E-state index in [1.165, 1.54) is 0 Å². The molecule has 2 atom stereocenters. The molecule has 0 aliphatic heterocycles. The van der Waals surface area contributed by atoms with E-state index in [4.69, 9.17) is 22.1 Å². The molecule has 6 heteroatoms. The molecule has 0 heterocycles. The van der Waals surface area contributed by atoms with Gasteiger partial charge in [0.1, 0.15) is 5.75 Å². The Labute approximate surface area is 136 Å². The molecule has 1 amide bonds. The SMILES string of the molecule is Cc1ccc(Cl)c(OC(C)C(=O)NC(CN)C2CC2)c1.Cl. The molecular weight excluding hydrogens is 311 g/mol. The highest BCUT2D eigenvalue weighted by Crippen LogP contribution is 2.32. The van der Waals surface area contributed by atoms with E-state index in [0.29, 0.717) is 23.2 Å². The molecule has 2 rings (SSSR count).